The number of nitrogens with zero attached hydrogens (tertiary/aromatic N) is 2. The van der Waals surface area contributed by atoms with Gasteiger partial charge in [0.2, 0.25) is 5.91 Å². The van der Waals surface area contributed by atoms with Gasteiger partial charge in [-0.1, -0.05) is 68.4 Å². The molecule has 31 heavy (non-hydrogen) atoms. The lowest BCUT2D eigenvalue weighted by atomic mass is 10.0. The minimum atomic E-state index is -0.677. The summed E-state index contributed by atoms with van der Waals surface area (Å²) in [5, 5.41) is 0. The molecule has 3 rings (SSSR count). The number of anilines is 2. The van der Waals surface area contributed by atoms with E-state index in [1.807, 2.05) is 42.5 Å². The van der Waals surface area contributed by atoms with Gasteiger partial charge in [-0.25, -0.2) is 4.79 Å². The molecule has 0 aliphatic carbocycles. The standard InChI is InChI=1S/C24H28N4O3/c1-16(2)19-12-9-17(10-13-19)11-14-20(29)27(3)21-22(25)28(24(31)26-23(21)30)15-18-7-5-4-6-8-18/h4-10,12-13,16H,11,14-15,25H2,1-3H3,(H,26,30,31). The summed E-state index contributed by atoms with van der Waals surface area (Å²) in [7, 11) is 1.50. The molecular formula is C24H28N4O3. The quantitative estimate of drug-likeness (QED) is 0.614. The van der Waals surface area contributed by atoms with Gasteiger partial charge in [-0.2, -0.15) is 0 Å². The second-order valence-corrected chi connectivity index (χ2v) is 7.91. The number of aryl methyl sites for hydroxylation is 1. The maximum atomic E-state index is 12.8. The lowest BCUT2D eigenvalue weighted by Gasteiger charge is -2.20. The van der Waals surface area contributed by atoms with Crippen molar-refractivity contribution in [1.29, 1.82) is 0 Å². The van der Waals surface area contributed by atoms with Gasteiger partial charge in [0.1, 0.15) is 5.82 Å². The van der Waals surface area contributed by atoms with Crippen LogP contribution in [-0.2, 0) is 17.8 Å². The number of carbonyl (C=O) groups excluding carboxylic acids is 1. The molecular weight excluding hydrogens is 392 g/mol. The van der Waals surface area contributed by atoms with Crippen LogP contribution < -0.4 is 21.9 Å². The van der Waals surface area contributed by atoms with Gasteiger partial charge in [0, 0.05) is 13.5 Å². The molecule has 0 radical (unpaired) electrons. The van der Waals surface area contributed by atoms with Crippen molar-refractivity contribution in [2.45, 2.75) is 39.2 Å². The summed E-state index contributed by atoms with van der Waals surface area (Å²) in [5.41, 5.74) is 8.01. The molecule has 0 saturated carbocycles. The Kier molecular flexibility index (Phi) is 6.74. The summed E-state index contributed by atoms with van der Waals surface area (Å²) in [6, 6.07) is 17.5. The number of hydrogen-bond donors (Lipinski definition) is 2. The fourth-order valence-corrected chi connectivity index (χ4v) is 3.44. The van der Waals surface area contributed by atoms with Crippen LogP contribution in [-0.4, -0.2) is 22.5 Å². The smallest absolute Gasteiger partial charge is 0.330 e. The largest absolute Gasteiger partial charge is 0.383 e. The highest BCUT2D eigenvalue weighted by molar-refractivity contribution is 5.95. The Balaban J connectivity index is 1.79. The Bertz CT molecular complexity index is 1160. The van der Waals surface area contributed by atoms with Crippen molar-refractivity contribution in [2.24, 2.45) is 0 Å². The predicted molar refractivity (Wildman–Crippen MR) is 124 cm³/mol. The topological polar surface area (TPSA) is 101 Å². The number of aromatic amines is 1. The van der Waals surface area contributed by atoms with Crippen LogP contribution in [0.2, 0.25) is 0 Å². The van der Waals surface area contributed by atoms with E-state index in [4.69, 9.17) is 5.73 Å². The Labute approximate surface area is 181 Å². The Morgan fingerprint density at radius 3 is 2.29 bits per heavy atom. The van der Waals surface area contributed by atoms with Crippen molar-refractivity contribution in [3.8, 4) is 0 Å². The van der Waals surface area contributed by atoms with Crippen molar-refractivity contribution in [1.82, 2.24) is 9.55 Å². The van der Waals surface area contributed by atoms with Gasteiger partial charge in [0.25, 0.3) is 5.56 Å². The van der Waals surface area contributed by atoms with E-state index in [1.54, 1.807) is 0 Å². The van der Waals surface area contributed by atoms with Crippen LogP contribution in [0, 0.1) is 0 Å². The zero-order valence-corrected chi connectivity index (χ0v) is 18.1. The highest BCUT2D eigenvalue weighted by Gasteiger charge is 2.21. The maximum absolute atomic E-state index is 12.8. The lowest BCUT2D eigenvalue weighted by molar-refractivity contribution is -0.118. The molecule has 2 aromatic carbocycles. The third-order valence-corrected chi connectivity index (χ3v) is 5.38. The van der Waals surface area contributed by atoms with Gasteiger partial charge < -0.3 is 10.6 Å². The van der Waals surface area contributed by atoms with Crippen LogP contribution in [0.4, 0.5) is 11.5 Å². The van der Waals surface area contributed by atoms with Crippen molar-refractivity contribution in [2.75, 3.05) is 17.7 Å². The van der Waals surface area contributed by atoms with E-state index in [1.165, 1.54) is 22.1 Å². The Morgan fingerprint density at radius 1 is 1.03 bits per heavy atom. The van der Waals surface area contributed by atoms with E-state index in [0.29, 0.717) is 12.3 Å². The summed E-state index contributed by atoms with van der Waals surface area (Å²) in [5.74, 6) is 0.160. The molecule has 0 fully saturated rings. The first kappa shape index (κ1) is 22.1. The van der Waals surface area contributed by atoms with Crippen molar-refractivity contribution in [3.63, 3.8) is 0 Å². The minimum Gasteiger partial charge on any atom is -0.383 e. The number of H-pyrrole nitrogens is 1. The van der Waals surface area contributed by atoms with E-state index < -0.39 is 11.2 Å². The molecule has 0 atom stereocenters. The van der Waals surface area contributed by atoms with E-state index in [0.717, 1.165) is 11.1 Å². The number of carbonyl (C=O) groups is 1. The van der Waals surface area contributed by atoms with Gasteiger partial charge >= 0.3 is 5.69 Å². The number of hydrogen-bond acceptors (Lipinski definition) is 4. The normalized spacial score (nSPS) is 11.0. The first-order valence-corrected chi connectivity index (χ1v) is 10.3. The molecule has 7 heteroatoms. The summed E-state index contributed by atoms with van der Waals surface area (Å²) in [6.45, 7) is 4.46. The molecule has 0 aliphatic heterocycles. The maximum Gasteiger partial charge on any atom is 0.330 e. The Morgan fingerprint density at radius 2 is 1.68 bits per heavy atom. The summed E-state index contributed by atoms with van der Waals surface area (Å²) >= 11 is 0. The van der Waals surface area contributed by atoms with Gasteiger partial charge in [0.05, 0.1) is 6.54 Å². The Hall–Kier alpha value is -3.61. The van der Waals surface area contributed by atoms with Crippen LogP contribution >= 0.6 is 0 Å². The number of amides is 1. The van der Waals surface area contributed by atoms with E-state index in [9.17, 15) is 14.4 Å². The first-order chi connectivity index (χ1) is 14.8. The van der Waals surface area contributed by atoms with Crippen LogP contribution in [0.3, 0.4) is 0 Å². The van der Waals surface area contributed by atoms with E-state index in [2.05, 4.69) is 31.0 Å². The van der Waals surface area contributed by atoms with Gasteiger partial charge in [0.15, 0.2) is 5.69 Å². The van der Waals surface area contributed by atoms with Crippen molar-refractivity contribution >= 4 is 17.4 Å². The van der Waals surface area contributed by atoms with Crippen molar-refractivity contribution in [3.05, 3.63) is 92.1 Å². The average molecular weight is 421 g/mol. The molecule has 7 nitrogen and oxygen atoms in total. The van der Waals surface area contributed by atoms with Crippen LogP contribution in [0.1, 0.15) is 42.9 Å². The van der Waals surface area contributed by atoms with Gasteiger partial charge in [-0.15, -0.1) is 0 Å². The SMILES string of the molecule is CC(C)c1ccc(CCC(=O)N(C)c2c(N)n(Cc3ccccc3)c(=O)[nH]c2=O)cc1. The van der Waals surface area contributed by atoms with Gasteiger partial charge in [-0.3, -0.25) is 19.1 Å². The number of rotatable bonds is 7. The average Bonchev–Trinajstić information content (AvgIpc) is 2.75. The summed E-state index contributed by atoms with van der Waals surface area (Å²) in [6.07, 6.45) is 0.761. The number of nitrogen functional groups attached to an aromatic ring is 1. The fraction of sp³-hybridized carbons (Fsp3) is 0.292. The molecule has 1 amide bonds. The van der Waals surface area contributed by atoms with Gasteiger partial charge in [-0.05, 0) is 29.0 Å². The lowest BCUT2D eigenvalue weighted by Crippen LogP contribution is -2.39. The minimum absolute atomic E-state index is 0.0179. The zero-order chi connectivity index (χ0) is 22.5. The molecule has 1 aromatic heterocycles. The summed E-state index contributed by atoms with van der Waals surface area (Å²) < 4.78 is 1.26. The third kappa shape index (κ3) is 5.12. The van der Waals surface area contributed by atoms with Crippen LogP contribution in [0.15, 0.2) is 64.2 Å². The molecule has 0 unspecified atom stereocenters. The molecule has 0 spiro atoms. The molecule has 3 aromatic rings. The van der Waals surface area contributed by atoms with Crippen LogP contribution in [0.5, 0.6) is 0 Å². The van der Waals surface area contributed by atoms with E-state index >= 15 is 0 Å². The summed E-state index contributed by atoms with van der Waals surface area (Å²) in [4.78, 5) is 41.1. The second-order valence-electron chi connectivity index (χ2n) is 7.91. The fourth-order valence-electron chi connectivity index (χ4n) is 3.44. The molecule has 0 saturated heterocycles. The molecule has 0 bridgehead atoms. The second kappa shape index (κ2) is 9.47. The molecule has 3 N–H and O–H groups in total. The number of nitrogens with one attached hydrogen (secondary N) is 1. The van der Waals surface area contributed by atoms with Crippen molar-refractivity contribution < 1.29 is 4.79 Å². The molecule has 1 heterocycles. The number of nitrogens with two attached hydrogens (primary N) is 1. The number of benzene rings is 2. The monoisotopic (exact) mass is 420 g/mol. The highest BCUT2D eigenvalue weighted by atomic mass is 16.2. The molecule has 0 aliphatic rings. The molecule has 162 valence electrons. The number of aromatic nitrogens is 2. The zero-order valence-electron chi connectivity index (χ0n) is 18.1. The highest BCUT2D eigenvalue weighted by Crippen LogP contribution is 2.19. The first-order valence-electron chi connectivity index (χ1n) is 10.3. The third-order valence-electron chi connectivity index (χ3n) is 5.38. The predicted octanol–water partition coefficient (Wildman–Crippen LogP) is 2.89. The van der Waals surface area contributed by atoms with E-state index in [-0.39, 0.29) is 30.4 Å². The van der Waals surface area contributed by atoms with Crippen LogP contribution in [0.25, 0.3) is 0 Å².